The highest BCUT2D eigenvalue weighted by molar-refractivity contribution is 5.85. The summed E-state index contributed by atoms with van der Waals surface area (Å²) in [7, 11) is 0. The van der Waals surface area contributed by atoms with Crippen molar-refractivity contribution in [1.29, 1.82) is 0 Å². The first-order valence-corrected chi connectivity index (χ1v) is 7.84. The third kappa shape index (κ3) is 4.21. The molecule has 1 aromatic carbocycles. The van der Waals surface area contributed by atoms with E-state index in [0.717, 1.165) is 12.8 Å². The molecule has 0 aliphatic heterocycles. The van der Waals surface area contributed by atoms with Gasteiger partial charge >= 0.3 is 0 Å². The third-order valence-electron chi connectivity index (χ3n) is 4.73. The van der Waals surface area contributed by atoms with Gasteiger partial charge in [-0.2, -0.15) is 0 Å². The molecular weight excluding hydrogens is 284 g/mol. The minimum Gasteiger partial charge on any atom is -0.349 e. The molecule has 0 spiro atoms. The number of rotatable bonds is 5. The Morgan fingerprint density at radius 2 is 1.90 bits per heavy atom. The van der Waals surface area contributed by atoms with Gasteiger partial charge < -0.3 is 11.1 Å². The zero-order valence-corrected chi connectivity index (χ0v) is 13.1. The van der Waals surface area contributed by atoms with Crippen LogP contribution in [0.2, 0.25) is 0 Å². The standard InChI is InChI=1S/C17H24N2O.ClH/c18-15-8-4-7-14(15)11-16(20)19-17(13-9-10-13)12-5-2-1-3-6-12;/h1-3,5-6,13-15,17H,4,7-11,18H2,(H,19,20);1H/t14-,15+,17?;/m0./s1. The van der Waals surface area contributed by atoms with Crippen molar-refractivity contribution in [3.05, 3.63) is 35.9 Å². The summed E-state index contributed by atoms with van der Waals surface area (Å²) in [5.74, 6) is 1.18. The van der Waals surface area contributed by atoms with Gasteiger partial charge in [0.2, 0.25) is 5.91 Å². The molecule has 3 nitrogen and oxygen atoms in total. The van der Waals surface area contributed by atoms with Crippen LogP contribution in [0.25, 0.3) is 0 Å². The second-order valence-electron chi connectivity index (χ2n) is 6.35. The van der Waals surface area contributed by atoms with Crippen LogP contribution < -0.4 is 11.1 Å². The molecule has 2 saturated carbocycles. The molecule has 0 radical (unpaired) electrons. The van der Waals surface area contributed by atoms with Gasteiger partial charge in [0.05, 0.1) is 6.04 Å². The van der Waals surface area contributed by atoms with Gasteiger partial charge in [-0.25, -0.2) is 0 Å². The zero-order valence-electron chi connectivity index (χ0n) is 12.3. The number of hydrogen-bond donors (Lipinski definition) is 2. The predicted octanol–water partition coefficient (Wildman–Crippen LogP) is 3.19. The quantitative estimate of drug-likeness (QED) is 0.877. The topological polar surface area (TPSA) is 55.1 Å². The van der Waals surface area contributed by atoms with Gasteiger partial charge in [-0.15, -0.1) is 12.4 Å². The van der Waals surface area contributed by atoms with Crippen molar-refractivity contribution >= 4 is 18.3 Å². The van der Waals surface area contributed by atoms with Gasteiger partial charge in [0.25, 0.3) is 0 Å². The van der Waals surface area contributed by atoms with Gasteiger partial charge in [-0.3, -0.25) is 4.79 Å². The number of carbonyl (C=O) groups excluding carboxylic acids is 1. The van der Waals surface area contributed by atoms with Gasteiger partial charge in [-0.1, -0.05) is 36.8 Å². The van der Waals surface area contributed by atoms with Crippen molar-refractivity contribution in [1.82, 2.24) is 5.32 Å². The molecule has 1 aromatic rings. The van der Waals surface area contributed by atoms with Crippen LogP contribution in [0, 0.1) is 11.8 Å². The molecule has 116 valence electrons. The predicted molar refractivity (Wildman–Crippen MR) is 87.2 cm³/mol. The lowest BCUT2D eigenvalue weighted by atomic mass is 9.98. The van der Waals surface area contributed by atoms with Crippen molar-refractivity contribution in [2.75, 3.05) is 0 Å². The van der Waals surface area contributed by atoms with E-state index >= 15 is 0 Å². The Kier molecular flexibility index (Phi) is 5.65. The van der Waals surface area contributed by atoms with E-state index in [1.54, 1.807) is 0 Å². The van der Waals surface area contributed by atoms with Crippen LogP contribution in [0.15, 0.2) is 30.3 Å². The van der Waals surface area contributed by atoms with E-state index in [2.05, 4.69) is 17.4 Å². The summed E-state index contributed by atoms with van der Waals surface area (Å²) in [6.45, 7) is 0. The lowest BCUT2D eigenvalue weighted by molar-refractivity contribution is -0.123. The maximum Gasteiger partial charge on any atom is 0.220 e. The molecular formula is C17H25ClN2O. The normalized spacial score (nSPS) is 26.0. The smallest absolute Gasteiger partial charge is 0.220 e. The summed E-state index contributed by atoms with van der Waals surface area (Å²) >= 11 is 0. The van der Waals surface area contributed by atoms with Crippen LogP contribution in [0.5, 0.6) is 0 Å². The Morgan fingerprint density at radius 3 is 2.48 bits per heavy atom. The van der Waals surface area contributed by atoms with Gasteiger partial charge in [-0.05, 0) is 43.1 Å². The van der Waals surface area contributed by atoms with Gasteiger partial charge in [0.15, 0.2) is 0 Å². The van der Waals surface area contributed by atoms with E-state index in [1.165, 1.54) is 24.8 Å². The minimum absolute atomic E-state index is 0. The molecule has 2 aliphatic rings. The Morgan fingerprint density at radius 1 is 1.19 bits per heavy atom. The van der Waals surface area contributed by atoms with E-state index < -0.39 is 0 Å². The van der Waals surface area contributed by atoms with Gasteiger partial charge in [0, 0.05) is 12.5 Å². The maximum atomic E-state index is 12.3. The second-order valence-corrected chi connectivity index (χ2v) is 6.35. The Hall–Kier alpha value is -1.06. The number of nitrogens with one attached hydrogen (secondary N) is 1. The summed E-state index contributed by atoms with van der Waals surface area (Å²) in [6.07, 6.45) is 6.39. The largest absolute Gasteiger partial charge is 0.349 e. The Labute approximate surface area is 133 Å². The fourth-order valence-electron chi connectivity index (χ4n) is 3.35. The first-order chi connectivity index (χ1) is 9.74. The molecule has 0 bridgehead atoms. The van der Waals surface area contributed by atoms with E-state index in [-0.39, 0.29) is 30.4 Å². The molecule has 3 N–H and O–H groups in total. The molecule has 1 amide bonds. The highest BCUT2D eigenvalue weighted by Crippen LogP contribution is 2.41. The van der Waals surface area contributed by atoms with Crippen LogP contribution in [-0.2, 0) is 4.79 Å². The van der Waals surface area contributed by atoms with Crippen LogP contribution in [0.1, 0.15) is 50.1 Å². The first-order valence-electron chi connectivity index (χ1n) is 7.84. The van der Waals surface area contributed by atoms with Crippen molar-refractivity contribution in [3.8, 4) is 0 Å². The summed E-state index contributed by atoms with van der Waals surface area (Å²) in [5, 5.41) is 3.25. The van der Waals surface area contributed by atoms with E-state index in [1.807, 2.05) is 18.2 Å². The fraction of sp³-hybridized carbons (Fsp3) is 0.588. The average Bonchev–Trinajstić information content (AvgIpc) is 3.22. The summed E-state index contributed by atoms with van der Waals surface area (Å²) in [5.41, 5.74) is 7.30. The van der Waals surface area contributed by atoms with Crippen molar-refractivity contribution in [3.63, 3.8) is 0 Å². The molecule has 0 heterocycles. The molecule has 0 saturated heterocycles. The lowest BCUT2D eigenvalue weighted by Crippen LogP contribution is -2.34. The van der Waals surface area contributed by atoms with E-state index in [4.69, 9.17) is 5.73 Å². The fourth-order valence-corrected chi connectivity index (χ4v) is 3.35. The number of halogens is 1. The highest BCUT2D eigenvalue weighted by Gasteiger charge is 2.34. The Balaban J connectivity index is 0.00000161. The first kappa shape index (κ1) is 16.3. The van der Waals surface area contributed by atoms with Crippen molar-refractivity contribution < 1.29 is 4.79 Å². The molecule has 21 heavy (non-hydrogen) atoms. The lowest BCUT2D eigenvalue weighted by Gasteiger charge is -2.21. The number of amides is 1. The van der Waals surface area contributed by atoms with Crippen molar-refractivity contribution in [2.45, 2.75) is 50.6 Å². The summed E-state index contributed by atoms with van der Waals surface area (Å²) < 4.78 is 0. The van der Waals surface area contributed by atoms with Crippen LogP contribution in [0.4, 0.5) is 0 Å². The number of nitrogens with two attached hydrogens (primary N) is 1. The van der Waals surface area contributed by atoms with Gasteiger partial charge in [0.1, 0.15) is 0 Å². The van der Waals surface area contributed by atoms with Crippen LogP contribution in [0.3, 0.4) is 0 Å². The van der Waals surface area contributed by atoms with Crippen LogP contribution in [-0.4, -0.2) is 11.9 Å². The third-order valence-corrected chi connectivity index (χ3v) is 4.73. The molecule has 3 rings (SSSR count). The molecule has 0 aromatic heterocycles. The number of hydrogen-bond acceptors (Lipinski definition) is 2. The molecule has 4 heteroatoms. The average molecular weight is 309 g/mol. The van der Waals surface area contributed by atoms with Crippen LogP contribution >= 0.6 is 12.4 Å². The zero-order chi connectivity index (χ0) is 13.9. The maximum absolute atomic E-state index is 12.3. The van der Waals surface area contributed by atoms with E-state index in [0.29, 0.717) is 18.3 Å². The summed E-state index contributed by atoms with van der Waals surface area (Å²) in [6, 6.07) is 10.8. The SMILES string of the molecule is Cl.N[C@@H]1CCC[C@H]1CC(=O)NC(c1ccccc1)C1CC1. The number of carbonyl (C=O) groups is 1. The number of benzene rings is 1. The molecule has 2 aliphatic carbocycles. The Bertz CT molecular complexity index is 461. The summed E-state index contributed by atoms with van der Waals surface area (Å²) in [4.78, 5) is 12.3. The van der Waals surface area contributed by atoms with E-state index in [9.17, 15) is 4.79 Å². The highest BCUT2D eigenvalue weighted by atomic mass is 35.5. The second kappa shape index (κ2) is 7.28. The van der Waals surface area contributed by atoms with Crippen molar-refractivity contribution in [2.24, 2.45) is 17.6 Å². The minimum atomic E-state index is 0. The molecule has 1 unspecified atom stereocenters. The molecule has 3 atom stereocenters. The molecule has 2 fully saturated rings. The monoisotopic (exact) mass is 308 g/mol.